The highest BCUT2D eigenvalue weighted by atomic mass is 32.2. The zero-order valence-corrected chi connectivity index (χ0v) is 14.6. The Kier molecular flexibility index (Phi) is 5.55. The lowest BCUT2D eigenvalue weighted by molar-refractivity contribution is -0.137. The minimum atomic E-state index is -4.41. The standard InChI is InChI=1S/C19H13F3O4S/c20-19(21,22)12-4-3-5-13(10-12)27-9-8-25-18(24)17-11-15(23)14-6-1-2-7-16(14)26-17/h1-7,10-11H,8-9H2. The average Bonchev–Trinajstić information content (AvgIpc) is 2.64. The molecule has 0 aliphatic rings. The molecule has 0 radical (unpaired) electrons. The van der Waals surface area contributed by atoms with Crippen molar-refractivity contribution in [1.82, 2.24) is 0 Å². The molecular formula is C19H13F3O4S. The molecule has 4 nitrogen and oxygen atoms in total. The summed E-state index contributed by atoms with van der Waals surface area (Å²) in [7, 11) is 0. The lowest BCUT2D eigenvalue weighted by Crippen LogP contribution is -2.11. The van der Waals surface area contributed by atoms with Crippen LogP contribution in [0.2, 0.25) is 0 Å². The molecule has 2 aromatic carbocycles. The van der Waals surface area contributed by atoms with Crippen LogP contribution in [0.5, 0.6) is 0 Å². The lowest BCUT2D eigenvalue weighted by atomic mass is 10.2. The third-order valence-corrected chi connectivity index (χ3v) is 4.54. The molecule has 1 heterocycles. The van der Waals surface area contributed by atoms with Crippen LogP contribution in [0.25, 0.3) is 11.0 Å². The third kappa shape index (κ3) is 4.71. The number of halogens is 3. The van der Waals surface area contributed by atoms with Gasteiger partial charge in [-0.15, -0.1) is 11.8 Å². The number of para-hydroxylation sites is 1. The Morgan fingerprint density at radius 3 is 2.63 bits per heavy atom. The van der Waals surface area contributed by atoms with Gasteiger partial charge in [0.25, 0.3) is 0 Å². The fraction of sp³-hybridized carbons (Fsp3) is 0.158. The maximum atomic E-state index is 12.7. The van der Waals surface area contributed by atoms with Crippen LogP contribution in [0.15, 0.2) is 68.7 Å². The molecule has 3 rings (SSSR count). The maximum Gasteiger partial charge on any atom is 0.416 e. The van der Waals surface area contributed by atoms with E-state index in [1.165, 1.54) is 6.07 Å². The van der Waals surface area contributed by atoms with Gasteiger partial charge in [0, 0.05) is 16.7 Å². The topological polar surface area (TPSA) is 56.5 Å². The molecule has 0 N–H and O–H groups in total. The minimum Gasteiger partial charge on any atom is -0.459 e. The Morgan fingerprint density at radius 2 is 1.85 bits per heavy atom. The quantitative estimate of drug-likeness (QED) is 0.355. The first kappa shape index (κ1) is 19.0. The van der Waals surface area contributed by atoms with Crippen molar-refractivity contribution in [3.8, 4) is 0 Å². The Labute approximate surface area is 155 Å². The fourth-order valence-corrected chi connectivity index (χ4v) is 3.12. The van der Waals surface area contributed by atoms with Crippen molar-refractivity contribution in [1.29, 1.82) is 0 Å². The molecular weight excluding hydrogens is 381 g/mol. The number of alkyl halides is 3. The number of carbonyl (C=O) groups excluding carboxylic acids is 1. The lowest BCUT2D eigenvalue weighted by Gasteiger charge is -2.08. The number of carbonyl (C=O) groups is 1. The van der Waals surface area contributed by atoms with E-state index in [0.29, 0.717) is 10.3 Å². The second-order valence-corrected chi connectivity index (χ2v) is 6.65. The summed E-state index contributed by atoms with van der Waals surface area (Å²) in [4.78, 5) is 24.4. The van der Waals surface area contributed by atoms with Crippen LogP contribution in [-0.2, 0) is 10.9 Å². The van der Waals surface area contributed by atoms with Crippen molar-refractivity contribution in [2.75, 3.05) is 12.4 Å². The van der Waals surface area contributed by atoms with Gasteiger partial charge < -0.3 is 9.15 Å². The van der Waals surface area contributed by atoms with E-state index in [1.807, 2.05) is 0 Å². The van der Waals surface area contributed by atoms with Gasteiger partial charge in [-0.05, 0) is 30.3 Å². The molecule has 0 atom stereocenters. The normalized spacial score (nSPS) is 11.5. The van der Waals surface area contributed by atoms with E-state index in [0.717, 1.165) is 30.0 Å². The smallest absolute Gasteiger partial charge is 0.416 e. The zero-order chi connectivity index (χ0) is 19.4. The third-order valence-electron chi connectivity index (χ3n) is 3.58. The van der Waals surface area contributed by atoms with Gasteiger partial charge in [-0.25, -0.2) is 4.79 Å². The number of hydrogen-bond acceptors (Lipinski definition) is 5. The summed E-state index contributed by atoms with van der Waals surface area (Å²) in [6.07, 6.45) is -4.41. The summed E-state index contributed by atoms with van der Waals surface area (Å²) in [6.45, 7) is -0.0454. The minimum absolute atomic E-state index is 0.0454. The van der Waals surface area contributed by atoms with Crippen LogP contribution in [0.4, 0.5) is 13.2 Å². The van der Waals surface area contributed by atoms with E-state index in [4.69, 9.17) is 9.15 Å². The van der Waals surface area contributed by atoms with Crippen LogP contribution >= 0.6 is 11.8 Å². The van der Waals surface area contributed by atoms with E-state index < -0.39 is 17.7 Å². The van der Waals surface area contributed by atoms with Crippen molar-refractivity contribution in [2.24, 2.45) is 0 Å². The molecule has 0 unspecified atom stereocenters. The maximum absolute atomic E-state index is 12.7. The Hall–Kier alpha value is -2.74. The highest BCUT2D eigenvalue weighted by molar-refractivity contribution is 7.99. The van der Waals surface area contributed by atoms with E-state index in [9.17, 15) is 22.8 Å². The van der Waals surface area contributed by atoms with Crippen LogP contribution < -0.4 is 5.43 Å². The number of esters is 1. The van der Waals surface area contributed by atoms with Gasteiger partial charge in [-0.3, -0.25) is 4.79 Å². The predicted molar refractivity (Wildman–Crippen MR) is 94.9 cm³/mol. The summed E-state index contributed by atoms with van der Waals surface area (Å²) in [5.74, 6) is -0.768. The monoisotopic (exact) mass is 394 g/mol. The largest absolute Gasteiger partial charge is 0.459 e. The van der Waals surface area contributed by atoms with Crippen molar-refractivity contribution < 1.29 is 27.1 Å². The van der Waals surface area contributed by atoms with Crippen LogP contribution in [0, 0.1) is 0 Å². The van der Waals surface area contributed by atoms with E-state index in [2.05, 4.69) is 0 Å². The highest BCUT2D eigenvalue weighted by Crippen LogP contribution is 2.31. The first-order chi connectivity index (χ1) is 12.8. The van der Waals surface area contributed by atoms with Crippen LogP contribution in [-0.4, -0.2) is 18.3 Å². The predicted octanol–water partition coefficient (Wildman–Crippen LogP) is 4.76. The molecule has 27 heavy (non-hydrogen) atoms. The fourth-order valence-electron chi connectivity index (χ4n) is 2.33. The second kappa shape index (κ2) is 7.87. The second-order valence-electron chi connectivity index (χ2n) is 5.48. The van der Waals surface area contributed by atoms with Crippen molar-refractivity contribution in [3.63, 3.8) is 0 Å². The Balaban J connectivity index is 1.58. The first-order valence-corrected chi connectivity index (χ1v) is 8.83. The Bertz CT molecular complexity index is 1030. The van der Waals surface area contributed by atoms with Gasteiger partial charge in [0.1, 0.15) is 12.2 Å². The van der Waals surface area contributed by atoms with Crippen molar-refractivity contribution >= 4 is 28.7 Å². The summed E-state index contributed by atoms with van der Waals surface area (Å²) < 4.78 is 48.4. The molecule has 0 spiro atoms. The van der Waals surface area contributed by atoms with Gasteiger partial charge in [0.15, 0.2) is 5.43 Å². The summed E-state index contributed by atoms with van der Waals surface area (Å²) in [6, 6.07) is 12.5. The molecule has 0 aliphatic heterocycles. The van der Waals surface area contributed by atoms with Gasteiger partial charge in [0.05, 0.1) is 10.9 Å². The molecule has 1 aromatic heterocycles. The summed E-state index contributed by atoms with van der Waals surface area (Å²) in [5.41, 5.74) is -0.820. The Morgan fingerprint density at radius 1 is 1.07 bits per heavy atom. The summed E-state index contributed by atoms with van der Waals surface area (Å²) in [5, 5.41) is 0.356. The highest BCUT2D eigenvalue weighted by Gasteiger charge is 2.30. The number of benzene rings is 2. The molecule has 0 amide bonds. The average molecular weight is 394 g/mol. The zero-order valence-electron chi connectivity index (χ0n) is 13.8. The number of ether oxygens (including phenoxy) is 1. The first-order valence-electron chi connectivity index (χ1n) is 7.85. The molecule has 8 heteroatoms. The van der Waals surface area contributed by atoms with Crippen molar-refractivity contribution in [3.05, 3.63) is 76.1 Å². The molecule has 0 aliphatic carbocycles. The van der Waals surface area contributed by atoms with E-state index >= 15 is 0 Å². The van der Waals surface area contributed by atoms with Gasteiger partial charge >= 0.3 is 12.1 Å². The molecule has 140 valence electrons. The van der Waals surface area contributed by atoms with Crippen LogP contribution in [0.1, 0.15) is 16.1 Å². The van der Waals surface area contributed by atoms with Crippen molar-refractivity contribution in [2.45, 2.75) is 11.1 Å². The molecule has 0 saturated carbocycles. The SMILES string of the molecule is O=C(OCCSc1cccc(C(F)(F)F)c1)c1cc(=O)c2ccccc2o1. The summed E-state index contributed by atoms with van der Waals surface area (Å²) >= 11 is 1.12. The van der Waals surface area contributed by atoms with Gasteiger partial charge in [0.2, 0.25) is 5.76 Å². The van der Waals surface area contributed by atoms with E-state index in [1.54, 1.807) is 30.3 Å². The number of rotatable bonds is 5. The molecule has 0 saturated heterocycles. The number of fused-ring (bicyclic) bond motifs is 1. The van der Waals surface area contributed by atoms with Gasteiger partial charge in [-0.1, -0.05) is 18.2 Å². The van der Waals surface area contributed by atoms with Crippen LogP contribution in [0.3, 0.4) is 0 Å². The molecule has 0 bridgehead atoms. The number of thioether (sulfide) groups is 1. The molecule has 0 fully saturated rings. The van der Waals surface area contributed by atoms with Gasteiger partial charge in [-0.2, -0.15) is 13.2 Å². The number of hydrogen-bond donors (Lipinski definition) is 0. The molecule has 3 aromatic rings. The van der Waals surface area contributed by atoms with E-state index in [-0.39, 0.29) is 29.1 Å².